The highest BCUT2D eigenvalue weighted by atomic mass is 16.3. The molecule has 0 spiro atoms. The maximum atomic E-state index is 6.71. The molecule has 1 unspecified atom stereocenters. The number of hydrogen-bond donors (Lipinski definition) is 0. The van der Waals surface area contributed by atoms with Gasteiger partial charge in [0.05, 0.1) is 0 Å². The topological polar surface area (TPSA) is 13.1 Å². The maximum Gasteiger partial charge on any atom is 0.143 e. The molecule has 1 nitrogen and oxygen atoms in total. The molecule has 54 heavy (non-hydrogen) atoms. The van der Waals surface area contributed by atoms with Crippen LogP contribution < -0.4 is 0 Å². The lowest BCUT2D eigenvalue weighted by atomic mass is 9.84. The Morgan fingerprint density at radius 2 is 0.833 bits per heavy atom. The normalized spacial score (nSPS) is 13.7. The minimum atomic E-state index is 0.228. The van der Waals surface area contributed by atoms with Gasteiger partial charge in [-0.15, -0.1) is 0 Å². The van der Waals surface area contributed by atoms with Crippen molar-refractivity contribution in [3.63, 3.8) is 0 Å². The average Bonchev–Trinajstić information content (AvgIpc) is 3.79. The van der Waals surface area contributed by atoms with Crippen molar-refractivity contribution in [1.29, 1.82) is 0 Å². The van der Waals surface area contributed by atoms with Gasteiger partial charge in [-0.1, -0.05) is 170 Å². The number of benzene rings is 10. The van der Waals surface area contributed by atoms with Crippen molar-refractivity contribution in [3.05, 3.63) is 205 Å². The van der Waals surface area contributed by atoms with Gasteiger partial charge in [-0.2, -0.15) is 0 Å². The van der Waals surface area contributed by atoms with E-state index in [9.17, 15) is 0 Å². The standard InChI is InChI=1S/C53H32O/c1-2-14-32(15-3-1)49-38-19-7-5-18-37(38)46-30-33(26-28-44(46)49)50-40-21-9-11-23-42(40)51(43-24-12-10-22-41(43)50)34-27-29-48-47(31-34)52-39-20-8-4-16-35(39)36-17-6-13-25-45(36)53(52)54-48/h1-31,49H. The highest BCUT2D eigenvalue weighted by Gasteiger charge is 2.30. The van der Waals surface area contributed by atoms with Crippen molar-refractivity contribution >= 4 is 65.0 Å². The zero-order valence-corrected chi connectivity index (χ0v) is 29.4. The van der Waals surface area contributed by atoms with Gasteiger partial charge in [-0.25, -0.2) is 0 Å². The molecule has 10 aromatic carbocycles. The molecule has 0 radical (unpaired) electrons. The van der Waals surface area contributed by atoms with Gasteiger partial charge in [0.25, 0.3) is 0 Å². The smallest absolute Gasteiger partial charge is 0.143 e. The molecular weight excluding hydrogens is 653 g/mol. The van der Waals surface area contributed by atoms with Crippen LogP contribution in [0.5, 0.6) is 0 Å². The maximum absolute atomic E-state index is 6.71. The predicted octanol–water partition coefficient (Wildman–Crippen LogP) is 14.7. The Morgan fingerprint density at radius 1 is 0.333 bits per heavy atom. The van der Waals surface area contributed by atoms with Gasteiger partial charge in [-0.3, -0.25) is 0 Å². The van der Waals surface area contributed by atoms with Crippen LogP contribution in [0.25, 0.3) is 98.4 Å². The summed E-state index contributed by atoms with van der Waals surface area (Å²) < 4.78 is 6.71. The van der Waals surface area contributed by atoms with Crippen LogP contribution in [-0.4, -0.2) is 0 Å². The molecule has 11 aromatic rings. The Morgan fingerprint density at radius 3 is 1.52 bits per heavy atom. The fraction of sp³-hybridized carbons (Fsp3) is 0.0189. The molecule has 1 heteroatoms. The molecule has 0 amide bonds. The van der Waals surface area contributed by atoms with Crippen LogP contribution in [0.4, 0.5) is 0 Å². The van der Waals surface area contributed by atoms with E-state index in [1.54, 1.807) is 0 Å². The molecule has 1 aromatic heterocycles. The molecular formula is C53H32O. The molecule has 0 saturated heterocycles. The number of hydrogen-bond acceptors (Lipinski definition) is 1. The van der Waals surface area contributed by atoms with Crippen LogP contribution in [0.2, 0.25) is 0 Å². The van der Waals surface area contributed by atoms with Crippen LogP contribution in [0, 0.1) is 0 Å². The SMILES string of the molecule is c1ccc(C2c3ccccc3-c3cc(-c4c5ccccc5c(-c5ccc6oc7c8ccccc8c8ccccc8c7c6c5)c5ccccc45)ccc32)cc1. The fourth-order valence-corrected chi connectivity index (χ4v) is 9.68. The predicted molar refractivity (Wildman–Crippen MR) is 227 cm³/mol. The van der Waals surface area contributed by atoms with Gasteiger partial charge < -0.3 is 4.42 Å². The monoisotopic (exact) mass is 684 g/mol. The molecule has 0 fully saturated rings. The second-order valence-electron chi connectivity index (χ2n) is 14.7. The van der Waals surface area contributed by atoms with Crippen LogP contribution in [0.1, 0.15) is 22.6 Å². The first-order chi connectivity index (χ1) is 26.8. The van der Waals surface area contributed by atoms with E-state index in [4.69, 9.17) is 4.42 Å². The van der Waals surface area contributed by atoms with Crippen LogP contribution in [0.3, 0.4) is 0 Å². The quantitative estimate of drug-likeness (QED) is 0.133. The highest BCUT2D eigenvalue weighted by Crippen LogP contribution is 2.51. The van der Waals surface area contributed by atoms with E-state index in [1.807, 2.05) is 0 Å². The minimum Gasteiger partial charge on any atom is -0.455 e. The number of rotatable bonds is 3. The first-order valence-electron chi connectivity index (χ1n) is 18.8. The van der Waals surface area contributed by atoms with Crippen molar-refractivity contribution in [2.24, 2.45) is 0 Å². The van der Waals surface area contributed by atoms with Crippen molar-refractivity contribution in [1.82, 2.24) is 0 Å². The van der Waals surface area contributed by atoms with Gasteiger partial charge in [0.1, 0.15) is 11.2 Å². The molecule has 1 aliphatic carbocycles. The lowest BCUT2D eigenvalue weighted by Crippen LogP contribution is -1.98. The second kappa shape index (κ2) is 11.3. The molecule has 0 bridgehead atoms. The summed E-state index contributed by atoms with van der Waals surface area (Å²) in [5.41, 5.74) is 13.6. The molecule has 0 aliphatic heterocycles. The Balaban J connectivity index is 1.12. The zero-order valence-electron chi connectivity index (χ0n) is 29.4. The summed E-state index contributed by atoms with van der Waals surface area (Å²) >= 11 is 0. The van der Waals surface area contributed by atoms with Crippen LogP contribution in [0.15, 0.2) is 192 Å². The first-order valence-corrected chi connectivity index (χ1v) is 18.8. The summed E-state index contributed by atoms with van der Waals surface area (Å²) in [5.74, 6) is 0.228. The lowest BCUT2D eigenvalue weighted by molar-refractivity contribution is 0.673. The van der Waals surface area contributed by atoms with Crippen LogP contribution in [-0.2, 0) is 0 Å². The van der Waals surface area contributed by atoms with Gasteiger partial charge in [0, 0.05) is 22.1 Å². The molecule has 0 N–H and O–H groups in total. The molecule has 250 valence electrons. The lowest BCUT2D eigenvalue weighted by Gasteiger charge is -2.19. The third kappa shape index (κ3) is 4.10. The van der Waals surface area contributed by atoms with Gasteiger partial charge in [-0.05, 0) is 106 Å². The average molecular weight is 685 g/mol. The summed E-state index contributed by atoms with van der Waals surface area (Å²) in [6.45, 7) is 0. The van der Waals surface area contributed by atoms with Gasteiger partial charge in [0.2, 0.25) is 0 Å². The van der Waals surface area contributed by atoms with E-state index < -0.39 is 0 Å². The highest BCUT2D eigenvalue weighted by molar-refractivity contribution is 6.31. The number of furan rings is 1. The van der Waals surface area contributed by atoms with E-state index in [0.29, 0.717) is 0 Å². The van der Waals surface area contributed by atoms with Gasteiger partial charge in [0.15, 0.2) is 0 Å². The van der Waals surface area contributed by atoms with Crippen molar-refractivity contribution in [3.8, 4) is 33.4 Å². The molecule has 1 aliphatic rings. The summed E-state index contributed by atoms with van der Waals surface area (Å²) in [6, 6.07) is 69.2. The first kappa shape index (κ1) is 29.6. The van der Waals surface area contributed by atoms with Gasteiger partial charge >= 0.3 is 0 Å². The summed E-state index contributed by atoms with van der Waals surface area (Å²) in [4.78, 5) is 0. The van der Waals surface area contributed by atoms with E-state index in [1.165, 1.54) is 93.2 Å². The van der Waals surface area contributed by atoms with E-state index >= 15 is 0 Å². The van der Waals surface area contributed by atoms with E-state index in [2.05, 4.69) is 188 Å². The summed E-state index contributed by atoms with van der Waals surface area (Å²) in [5, 5.41) is 12.2. The molecule has 1 heterocycles. The molecule has 0 saturated carbocycles. The third-order valence-electron chi connectivity index (χ3n) is 11.9. The number of fused-ring (bicyclic) bond motifs is 13. The minimum absolute atomic E-state index is 0.228. The molecule has 12 rings (SSSR count). The summed E-state index contributed by atoms with van der Waals surface area (Å²) in [6.07, 6.45) is 0. The Hall–Kier alpha value is -6.96. The van der Waals surface area contributed by atoms with E-state index in [0.717, 1.165) is 21.9 Å². The zero-order chi connectivity index (χ0) is 35.3. The largest absolute Gasteiger partial charge is 0.455 e. The fourth-order valence-electron chi connectivity index (χ4n) is 9.68. The summed E-state index contributed by atoms with van der Waals surface area (Å²) in [7, 11) is 0. The Labute approximate surface area is 312 Å². The van der Waals surface area contributed by atoms with E-state index in [-0.39, 0.29) is 5.92 Å². The Kier molecular flexibility index (Phi) is 6.18. The Bertz CT molecular complexity index is 3270. The van der Waals surface area contributed by atoms with Crippen molar-refractivity contribution in [2.75, 3.05) is 0 Å². The van der Waals surface area contributed by atoms with Crippen molar-refractivity contribution < 1.29 is 4.42 Å². The second-order valence-corrected chi connectivity index (χ2v) is 14.7. The van der Waals surface area contributed by atoms with Crippen molar-refractivity contribution in [2.45, 2.75) is 5.92 Å². The third-order valence-corrected chi connectivity index (χ3v) is 11.9. The molecule has 1 atom stereocenters. The van der Waals surface area contributed by atoms with Crippen LogP contribution >= 0.6 is 0 Å².